The smallest absolute Gasteiger partial charge is 0.191 e. The SMILES string of the molecule is Cc1cc(C)c(C2=C(O)[C@H]3[C@@H](C2=O)[C@H]2O[C@]3(C3OCCO3)C=C2Br)c(C)c1. The number of carbonyl (C=O) groups is 1. The van der Waals surface area contributed by atoms with E-state index in [4.69, 9.17) is 14.2 Å². The van der Waals surface area contributed by atoms with Gasteiger partial charge in [0.05, 0.1) is 30.6 Å². The molecule has 0 radical (unpaired) electrons. The predicted octanol–water partition coefficient (Wildman–Crippen LogP) is 3.50. The molecule has 0 unspecified atom stereocenters. The van der Waals surface area contributed by atoms with E-state index in [-0.39, 0.29) is 11.5 Å². The molecule has 1 aromatic carbocycles. The standard InChI is InChI=1S/C21H21BrO5/c1-9-6-10(2)13(11(3)7-9)14-17(23)15-16(18(14)24)21(20-25-4-5-26-20)8-12(22)19(15)27-21/h6-8,15-16,19-20,24H,4-5H2,1-3H3/t15-,16+,19-,21+/m0/s1. The second-order valence-electron chi connectivity index (χ2n) is 7.90. The highest BCUT2D eigenvalue weighted by Crippen LogP contribution is 2.61. The van der Waals surface area contributed by atoms with Gasteiger partial charge in [0, 0.05) is 4.48 Å². The first-order valence-electron chi connectivity index (χ1n) is 9.20. The van der Waals surface area contributed by atoms with Crippen molar-refractivity contribution < 1.29 is 24.1 Å². The Bertz CT molecular complexity index is 903. The van der Waals surface area contributed by atoms with Crippen LogP contribution in [0.3, 0.4) is 0 Å². The normalized spacial score (nSPS) is 35.3. The zero-order chi connectivity index (χ0) is 19.1. The molecular weight excluding hydrogens is 412 g/mol. The molecular formula is C21H21BrO5. The van der Waals surface area contributed by atoms with E-state index < -0.39 is 29.8 Å². The van der Waals surface area contributed by atoms with Crippen LogP contribution in [-0.2, 0) is 19.0 Å². The van der Waals surface area contributed by atoms with Crippen molar-refractivity contribution in [1.82, 2.24) is 0 Å². The number of fused-ring (bicyclic) bond motifs is 5. The Morgan fingerprint density at radius 3 is 2.41 bits per heavy atom. The van der Waals surface area contributed by atoms with Gasteiger partial charge < -0.3 is 19.3 Å². The minimum Gasteiger partial charge on any atom is -0.511 e. The van der Waals surface area contributed by atoms with Crippen molar-refractivity contribution in [2.45, 2.75) is 38.8 Å². The number of ketones is 1. The quantitative estimate of drug-likeness (QED) is 0.774. The highest BCUT2D eigenvalue weighted by molar-refractivity contribution is 9.11. The van der Waals surface area contributed by atoms with Crippen molar-refractivity contribution in [3.8, 4) is 0 Å². The molecule has 0 spiro atoms. The molecule has 27 heavy (non-hydrogen) atoms. The fourth-order valence-corrected chi connectivity index (χ4v) is 6.04. The van der Waals surface area contributed by atoms with Crippen LogP contribution in [-0.4, -0.2) is 42.1 Å². The Morgan fingerprint density at radius 2 is 1.78 bits per heavy atom. The lowest BCUT2D eigenvalue weighted by Gasteiger charge is -2.33. The summed E-state index contributed by atoms with van der Waals surface area (Å²) in [5, 5.41) is 11.3. The molecule has 142 valence electrons. The molecule has 5 rings (SSSR count). The number of hydrogen-bond donors (Lipinski definition) is 1. The third kappa shape index (κ3) is 2.18. The number of rotatable bonds is 2. The summed E-state index contributed by atoms with van der Waals surface area (Å²) in [6.07, 6.45) is 0.872. The largest absolute Gasteiger partial charge is 0.511 e. The predicted molar refractivity (Wildman–Crippen MR) is 102 cm³/mol. The first-order chi connectivity index (χ1) is 12.8. The number of halogens is 1. The number of aryl methyl sites for hydroxylation is 3. The molecule has 4 aliphatic rings. The molecule has 2 fully saturated rings. The molecule has 2 saturated heterocycles. The molecule has 6 heteroatoms. The van der Waals surface area contributed by atoms with Crippen LogP contribution in [0.25, 0.3) is 5.57 Å². The second-order valence-corrected chi connectivity index (χ2v) is 8.81. The zero-order valence-corrected chi connectivity index (χ0v) is 17.0. The molecule has 3 aliphatic heterocycles. The number of aliphatic hydroxyl groups excluding tert-OH is 1. The van der Waals surface area contributed by atoms with Gasteiger partial charge in [0.2, 0.25) is 0 Å². The van der Waals surface area contributed by atoms with Gasteiger partial charge >= 0.3 is 0 Å². The van der Waals surface area contributed by atoms with Gasteiger partial charge in [-0.3, -0.25) is 4.79 Å². The average Bonchev–Trinajstić information content (AvgIpc) is 3.32. The van der Waals surface area contributed by atoms with E-state index in [1.807, 2.05) is 39.0 Å². The van der Waals surface area contributed by atoms with Crippen LogP contribution >= 0.6 is 15.9 Å². The average molecular weight is 433 g/mol. The van der Waals surface area contributed by atoms with Gasteiger partial charge in [0.15, 0.2) is 12.1 Å². The minimum absolute atomic E-state index is 0.0672. The van der Waals surface area contributed by atoms with Crippen LogP contribution in [0, 0.1) is 32.6 Å². The number of Topliss-reactive ketones (excluding diaryl/α,β-unsaturated/α-hetero) is 1. The number of ether oxygens (including phenoxy) is 3. The second kappa shape index (κ2) is 5.77. The summed E-state index contributed by atoms with van der Waals surface area (Å²) in [4.78, 5) is 13.5. The lowest BCUT2D eigenvalue weighted by atomic mass is 9.76. The fraction of sp³-hybridized carbons (Fsp3) is 0.476. The van der Waals surface area contributed by atoms with Gasteiger partial charge in [-0.2, -0.15) is 0 Å². The Hall–Kier alpha value is -1.47. The number of allylic oxidation sites excluding steroid dienone is 1. The molecule has 2 bridgehead atoms. The van der Waals surface area contributed by atoms with Crippen LogP contribution in [0.2, 0.25) is 0 Å². The van der Waals surface area contributed by atoms with Crippen LogP contribution in [0.15, 0.2) is 28.5 Å². The third-order valence-electron chi connectivity index (χ3n) is 6.15. The van der Waals surface area contributed by atoms with E-state index in [9.17, 15) is 9.90 Å². The van der Waals surface area contributed by atoms with E-state index in [0.717, 1.165) is 26.7 Å². The molecule has 1 aromatic rings. The number of aliphatic hydroxyl groups is 1. The van der Waals surface area contributed by atoms with Gasteiger partial charge in [-0.1, -0.05) is 33.6 Å². The maximum absolute atomic E-state index is 13.5. The maximum Gasteiger partial charge on any atom is 0.191 e. The van der Waals surface area contributed by atoms with Crippen LogP contribution in [0.1, 0.15) is 22.3 Å². The van der Waals surface area contributed by atoms with Crippen LogP contribution in [0.4, 0.5) is 0 Å². The van der Waals surface area contributed by atoms with Crippen molar-refractivity contribution in [3.63, 3.8) is 0 Å². The fourth-order valence-electron chi connectivity index (χ4n) is 5.31. The molecule has 1 N–H and O–H groups in total. The van der Waals surface area contributed by atoms with Crippen LogP contribution < -0.4 is 0 Å². The van der Waals surface area contributed by atoms with Gasteiger partial charge in [0.1, 0.15) is 17.5 Å². The summed E-state index contributed by atoms with van der Waals surface area (Å²) in [5.74, 6) is -0.929. The van der Waals surface area contributed by atoms with E-state index in [1.165, 1.54) is 0 Å². The van der Waals surface area contributed by atoms with E-state index in [1.54, 1.807) is 0 Å². The molecule has 5 nitrogen and oxygen atoms in total. The Balaban J connectivity index is 1.68. The van der Waals surface area contributed by atoms with Gasteiger partial charge in [-0.05, 0) is 43.5 Å². The first kappa shape index (κ1) is 17.6. The summed E-state index contributed by atoms with van der Waals surface area (Å²) in [5.41, 5.74) is 3.40. The zero-order valence-electron chi connectivity index (χ0n) is 15.4. The minimum atomic E-state index is -0.974. The molecule has 4 atom stereocenters. The summed E-state index contributed by atoms with van der Waals surface area (Å²) < 4.78 is 18.5. The van der Waals surface area contributed by atoms with E-state index in [0.29, 0.717) is 18.8 Å². The monoisotopic (exact) mass is 432 g/mol. The molecule has 3 heterocycles. The Labute approximate surface area is 166 Å². The van der Waals surface area contributed by atoms with Crippen molar-refractivity contribution in [3.05, 3.63) is 50.7 Å². The summed E-state index contributed by atoms with van der Waals surface area (Å²) in [6, 6.07) is 4.09. The number of hydrogen-bond acceptors (Lipinski definition) is 5. The third-order valence-corrected chi connectivity index (χ3v) is 6.83. The van der Waals surface area contributed by atoms with Crippen molar-refractivity contribution in [2.24, 2.45) is 11.8 Å². The highest BCUT2D eigenvalue weighted by atomic mass is 79.9. The van der Waals surface area contributed by atoms with Crippen LogP contribution in [0.5, 0.6) is 0 Å². The Kier molecular flexibility index (Phi) is 3.76. The van der Waals surface area contributed by atoms with Crippen molar-refractivity contribution >= 4 is 27.3 Å². The summed E-state index contributed by atoms with van der Waals surface area (Å²) in [7, 11) is 0. The van der Waals surface area contributed by atoms with Gasteiger partial charge in [-0.15, -0.1) is 0 Å². The van der Waals surface area contributed by atoms with Gasteiger partial charge in [-0.25, -0.2) is 0 Å². The number of benzene rings is 1. The van der Waals surface area contributed by atoms with E-state index in [2.05, 4.69) is 15.9 Å². The summed E-state index contributed by atoms with van der Waals surface area (Å²) >= 11 is 3.55. The van der Waals surface area contributed by atoms with Crippen molar-refractivity contribution in [1.29, 1.82) is 0 Å². The molecule has 0 amide bonds. The topological polar surface area (TPSA) is 65.0 Å². The molecule has 0 saturated carbocycles. The molecule has 0 aromatic heterocycles. The lowest BCUT2D eigenvalue weighted by molar-refractivity contribution is -0.176. The van der Waals surface area contributed by atoms with E-state index >= 15 is 0 Å². The summed E-state index contributed by atoms with van der Waals surface area (Å²) in [6.45, 7) is 6.95. The molecule has 1 aliphatic carbocycles. The number of carbonyl (C=O) groups excluding carboxylic acids is 1. The lowest BCUT2D eigenvalue weighted by Crippen LogP contribution is -2.47. The maximum atomic E-state index is 13.5. The van der Waals surface area contributed by atoms with Crippen molar-refractivity contribution in [2.75, 3.05) is 13.2 Å². The first-order valence-corrected chi connectivity index (χ1v) is 9.99. The van der Waals surface area contributed by atoms with Gasteiger partial charge in [0.25, 0.3) is 0 Å². The Morgan fingerprint density at radius 1 is 1.15 bits per heavy atom. The highest BCUT2D eigenvalue weighted by Gasteiger charge is 2.70.